The van der Waals surface area contributed by atoms with Crippen LogP contribution in [0.3, 0.4) is 0 Å². The third-order valence-electron chi connectivity index (χ3n) is 3.76. The molecule has 2 aromatic carbocycles. The van der Waals surface area contributed by atoms with Crippen molar-refractivity contribution in [1.82, 2.24) is 0 Å². The lowest BCUT2D eigenvalue weighted by atomic mass is 9.96. The highest BCUT2D eigenvalue weighted by Crippen LogP contribution is 2.31. The van der Waals surface area contributed by atoms with Gasteiger partial charge in [0.05, 0.1) is 4.92 Å². The summed E-state index contributed by atoms with van der Waals surface area (Å²) in [5.41, 5.74) is 0.140. The van der Waals surface area contributed by atoms with Gasteiger partial charge in [0, 0.05) is 12.0 Å². The summed E-state index contributed by atoms with van der Waals surface area (Å²) in [6.45, 7) is 3.76. The van der Waals surface area contributed by atoms with Crippen molar-refractivity contribution in [3.05, 3.63) is 69.8 Å². The Morgan fingerprint density at radius 3 is 2.35 bits per heavy atom. The van der Waals surface area contributed by atoms with E-state index in [9.17, 15) is 20.0 Å². The normalized spacial score (nSPS) is 13.1. The van der Waals surface area contributed by atoms with Gasteiger partial charge < -0.3 is 9.84 Å². The fraction of sp³-hybridized carbons (Fsp3) is 0.235. The monoisotopic (exact) mass is 315 g/mol. The molecule has 0 unspecified atom stereocenters. The van der Waals surface area contributed by atoms with Gasteiger partial charge in [-0.3, -0.25) is 10.1 Å². The van der Waals surface area contributed by atoms with E-state index in [1.54, 1.807) is 0 Å². The van der Waals surface area contributed by atoms with E-state index in [2.05, 4.69) is 0 Å². The van der Waals surface area contributed by atoms with Crippen LogP contribution in [0.5, 0.6) is 5.75 Å². The molecule has 2 aromatic rings. The lowest BCUT2D eigenvalue weighted by molar-refractivity contribution is -0.385. The number of rotatable bonds is 6. The molecule has 23 heavy (non-hydrogen) atoms. The van der Waals surface area contributed by atoms with Gasteiger partial charge in [-0.2, -0.15) is 0 Å². The van der Waals surface area contributed by atoms with Crippen molar-refractivity contribution in [3.63, 3.8) is 0 Å². The lowest BCUT2D eigenvalue weighted by Gasteiger charge is -2.22. The molecule has 0 aliphatic rings. The number of hydrogen-bond donors (Lipinski definition) is 1. The van der Waals surface area contributed by atoms with E-state index in [0.717, 1.165) is 11.6 Å². The summed E-state index contributed by atoms with van der Waals surface area (Å²) in [5, 5.41) is 20.3. The average Bonchev–Trinajstić information content (AvgIpc) is 2.54. The summed E-state index contributed by atoms with van der Waals surface area (Å²) in [6, 6.07) is 13.6. The molecule has 0 aliphatic heterocycles. The fourth-order valence-electron chi connectivity index (χ4n) is 2.31. The summed E-state index contributed by atoms with van der Waals surface area (Å²) < 4.78 is 5.73. The van der Waals surface area contributed by atoms with Gasteiger partial charge in [0.15, 0.2) is 5.56 Å². The van der Waals surface area contributed by atoms with Crippen molar-refractivity contribution in [3.8, 4) is 5.75 Å². The number of nitro benzene ring substituents is 1. The standard InChI is InChI=1S/C17H17NO5/c1-11(13-7-4-3-5-8-13)12(2)23-15-10-6-9-14(18(21)22)16(15)17(19)20/h3-12H,1-2H3,(H,19,20)/t11-,12-/m0/s1. The van der Waals surface area contributed by atoms with E-state index in [-0.39, 0.29) is 17.8 Å². The summed E-state index contributed by atoms with van der Waals surface area (Å²) in [6.07, 6.45) is -0.350. The van der Waals surface area contributed by atoms with Gasteiger partial charge in [0.2, 0.25) is 0 Å². The Hall–Kier alpha value is -2.89. The zero-order valence-corrected chi connectivity index (χ0v) is 12.8. The second kappa shape index (κ2) is 6.91. The largest absolute Gasteiger partial charge is 0.489 e. The van der Waals surface area contributed by atoms with E-state index in [1.807, 2.05) is 44.2 Å². The molecular formula is C17H17NO5. The van der Waals surface area contributed by atoms with Crippen LogP contribution in [0.1, 0.15) is 35.7 Å². The molecule has 0 amide bonds. The summed E-state index contributed by atoms with van der Waals surface area (Å²) in [4.78, 5) is 21.7. The molecule has 0 aromatic heterocycles. The Kier molecular flexibility index (Phi) is 4.95. The Morgan fingerprint density at radius 1 is 1.13 bits per heavy atom. The molecule has 2 rings (SSSR count). The molecule has 2 atom stereocenters. The number of carbonyl (C=O) groups is 1. The van der Waals surface area contributed by atoms with E-state index in [1.165, 1.54) is 12.1 Å². The molecule has 0 heterocycles. The Balaban J connectivity index is 2.31. The SMILES string of the molecule is C[C@H](Oc1cccc([N+](=O)[O-])c1C(=O)O)[C@H](C)c1ccccc1. The molecule has 120 valence electrons. The second-order valence-electron chi connectivity index (χ2n) is 5.23. The maximum absolute atomic E-state index is 11.4. The van der Waals surface area contributed by atoms with E-state index >= 15 is 0 Å². The van der Waals surface area contributed by atoms with Gasteiger partial charge in [-0.15, -0.1) is 0 Å². The number of aromatic carboxylic acids is 1. The highest BCUT2D eigenvalue weighted by atomic mass is 16.6. The molecule has 0 aliphatic carbocycles. The van der Waals surface area contributed by atoms with Gasteiger partial charge in [0.1, 0.15) is 11.9 Å². The smallest absolute Gasteiger partial charge is 0.346 e. The van der Waals surface area contributed by atoms with Crippen LogP contribution in [0.15, 0.2) is 48.5 Å². The number of nitro groups is 1. The maximum Gasteiger partial charge on any atom is 0.346 e. The number of carboxylic acids is 1. The van der Waals surface area contributed by atoms with Crippen LogP contribution in [0.4, 0.5) is 5.69 Å². The van der Waals surface area contributed by atoms with Crippen molar-refractivity contribution in [1.29, 1.82) is 0 Å². The predicted octanol–water partition coefficient (Wildman–Crippen LogP) is 3.86. The van der Waals surface area contributed by atoms with E-state index < -0.39 is 22.1 Å². The second-order valence-corrected chi connectivity index (χ2v) is 5.23. The molecule has 0 spiro atoms. The highest BCUT2D eigenvalue weighted by Gasteiger charge is 2.26. The summed E-state index contributed by atoms with van der Waals surface area (Å²) in [5.74, 6) is -1.38. The highest BCUT2D eigenvalue weighted by molar-refractivity contribution is 5.95. The summed E-state index contributed by atoms with van der Waals surface area (Å²) >= 11 is 0. The van der Waals surface area contributed by atoms with Crippen molar-refractivity contribution >= 4 is 11.7 Å². The first kappa shape index (κ1) is 16.5. The van der Waals surface area contributed by atoms with Crippen LogP contribution in [0, 0.1) is 10.1 Å². The van der Waals surface area contributed by atoms with E-state index in [4.69, 9.17) is 4.74 Å². The number of nitrogens with zero attached hydrogens (tertiary/aromatic N) is 1. The number of carboxylic acid groups (broad SMARTS) is 1. The van der Waals surface area contributed by atoms with Gasteiger partial charge in [0.25, 0.3) is 5.69 Å². The quantitative estimate of drug-likeness (QED) is 0.645. The molecular weight excluding hydrogens is 298 g/mol. The first-order chi connectivity index (χ1) is 10.9. The molecule has 0 bridgehead atoms. The molecule has 6 heteroatoms. The zero-order chi connectivity index (χ0) is 17.0. The minimum atomic E-state index is -1.38. The number of hydrogen-bond acceptors (Lipinski definition) is 4. The van der Waals surface area contributed by atoms with Crippen molar-refractivity contribution < 1.29 is 19.6 Å². The molecule has 0 radical (unpaired) electrons. The number of benzene rings is 2. The molecule has 1 N–H and O–H groups in total. The first-order valence-electron chi connectivity index (χ1n) is 7.14. The molecule has 0 fully saturated rings. The summed E-state index contributed by atoms with van der Waals surface area (Å²) in [7, 11) is 0. The topological polar surface area (TPSA) is 89.7 Å². The van der Waals surface area contributed by atoms with Gasteiger partial charge in [-0.25, -0.2) is 4.79 Å². The molecule has 0 saturated heterocycles. The van der Waals surface area contributed by atoms with Crippen LogP contribution in [0.2, 0.25) is 0 Å². The molecule has 0 saturated carbocycles. The average molecular weight is 315 g/mol. The number of ether oxygens (including phenoxy) is 1. The first-order valence-corrected chi connectivity index (χ1v) is 7.14. The third-order valence-corrected chi connectivity index (χ3v) is 3.76. The van der Waals surface area contributed by atoms with Crippen LogP contribution >= 0.6 is 0 Å². The maximum atomic E-state index is 11.4. The molecule has 6 nitrogen and oxygen atoms in total. The fourth-order valence-corrected chi connectivity index (χ4v) is 2.31. The minimum absolute atomic E-state index is 0.00183. The third kappa shape index (κ3) is 3.66. The van der Waals surface area contributed by atoms with Crippen LogP contribution in [0.25, 0.3) is 0 Å². The van der Waals surface area contributed by atoms with E-state index in [0.29, 0.717) is 0 Å². The van der Waals surface area contributed by atoms with Crippen molar-refractivity contribution in [2.24, 2.45) is 0 Å². The van der Waals surface area contributed by atoms with Gasteiger partial charge in [-0.1, -0.05) is 43.3 Å². The zero-order valence-electron chi connectivity index (χ0n) is 12.8. The predicted molar refractivity (Wildman–Crippen MR) is 85.0 cm³/mol. The Morgan fingerprint density at radius 2 is 1.78 bits per heavy atom. The van der Waals surface area contributed by atoms with Crippen LogP contribution < -0.4 is 4.74 Å². The van der Waals surface area contributed by atoms with Crippen molar-refractivity contribution in [2.75, 3.05) is 0 Å². The van der Waals surface area contributed by atoms with Crippen LogP contribution in [-0.4, -0.2) is 22.1 Å². The van der Waals surface area contributed by atoms with Gasteiger partial charge >= 0.3 is 5.97 Å². The van der Waals surface area contributed by atoms with Crippen molar-refractivity contribution in [2.45, 2.75) is 25.9 Å². The Bertz CT molecular complexity index is 714. The van der Waals surface area contributed by atoms with Crippen LogP contribution in [-0.2, 0) is 0 Å². The minimum Gasteiger partial charge on any atom is -0.489 e. The van der Waals surface area contributed by atoms with Gasteiger partial charge in [-0.05, 0) is 18.6 Å². The lowest BCUT2D eigenvalue weighted by Crippen LogP contribution is -2.21. The Labute approximate surface area is 133 Å².